The summed E-state index contributed by atoms with van der Waals surface area (Å²) in [5.41, 5.74) is 8.60. The average molecular weight is 284 g/mol. The van der Waals surface area contributed by atoms with Gasteiger partial charge in [-0.05, 0) is 36.2 Å². The Morgan fingerprint density at radius 1 is 0.950 bits per heavy atom. The highest BCUT2D eigenvalue weighted by atomic mass is 32.2. The third kappa shape index (κ3) is 2.43. The van der Waals surface area contributed by atoms with Crippen molar-refractivity contribution in [3.63, 3.8) is 0 Å². The van der Waals surface area contributed by atoms with Crippen LogP contribution in [0.4, 0.5) is 11.4 Å². The average Bonchev–Trinajstić information content (AvgIpc) is 2.47. The molecule has 0 atom stereocenters. The number of anilines is 2. The summed E-state index contributed by atoms with van der Waals surface area (Å²) in [6, 6.07) is 17.2. The molecule has 2 N–H and O–H groups in total. The van der Waals surface area contributed by atoms with Crippen molar-refractivity contribution < 1.29 is 0 Å². The molecule has 2 nitrogen and oxygen atoms in total. The van der Waals surface area contributed by atoms with Crippen LogP contribution in [0.5, 0.6) is 0 Å². The second kappa shape index (κ2) is 5.15. The van der Waals surface area contributed by atoms with Gasteiger partial charge in [-0.1, -0.05) is 49.9 Å². The molecule has 3 heteroatoms. The van der Waals surface area contributed by atoms with Crippen molar-refractivity contribution in [1.29, 1.82) is 0 Å². The van der Waals surface area contributed by atoms with Crippen LogP contribution < -0.4 is 10.6 Å². The quantitative estimate of drug-likeness (QED) is 0.912. The summed E-state index contributed by atoms with van der Waals surface area (Å²) in [7, 11) is 0. The van der Waals surface area contributed by atoms with Gasteiger partial charge in [0.05, 0.1) is 11.4 Å². The van der Waals surface area contributed by atoms with Gasteiger partial charge >= 0.3 is 0 Å². The van der Waals surface area contributed by atoms with E-state index in [2.05, 4.69) is 67.3 Å². The van der Waals surface area contributed by atoms with Crippen LogP contribution in [0.3, 0.4) is 0 Å². The lowest BCUT2D eigenvalue weighted by atomic mass is 9.92. The maximum atomic E-state index is 5.93. The lowest BCUT2D eigenvalue weighted by molar-refractivity contribution is 0.389. The van der Waals surface area contributed by atoms with E-state index >= 15 is 0 Å². The van der Waals surface area contributed by atoms with Gasteiger partial charge in [0.25, 0.3) is 0 Å². The van der Waals surface area contributed by atoms with Crippen LogP contribution in [0.15, 0.2) is 58.3 Å². The van der Waals surface area contributed by atoms with Crippen LogP contribution in [-0.4, -0.2) is 13.1 Å². The van der Waals surface area contributed by atoms with Crippen LogP contribution in [-0.2, 0) is 0 Å². The molecule has 20 heavy (non-hydrogen) atoms. The Kier molecular flexibility index (Phi) is 3.48. The molecule has 1 aliphatic heterocycles. The number of nitrogens with zero attached hydrogens (tertiary/aromatic N) is 1. The molecular formula is C17H20N2S. The van der Waals surface area contributed by atoms with Gasteiger partial charge in [-0.2, -0.15) is 0 Å². The molecule has 0 spiro atoms. The lowest BCUT2D eigenvalue weighted by Crippen LogP contribution is -2.37. The zero-order valence-electron chi connectivity index (χ0n) is 12.0. The predicted octanol–water partition coefficient (Wildman–Crippen LogP) is 4.27. The highest BCUT2D eigenvalue weighted by Crippen LogP contribution is 2.48. The Bertz CT molecular complexity index is 576. The van der Waals surface area contributed by atoms with Gasteiger partial charge in [0.1, 0.15) is 0 Å². The van der Waals surface area contributed by atoms with Crippen LogP contribution in [0.1, 0.15) is 13.8 Å². The SMILES string of the molecule is CC(C)(CN)CN1c2ccccc2Sc2ccccc21. The Hall–Kier alpha value is -1.45. The first-order valence-corrected chi connectivity index (χ1v) is 7.76. The van der Waals surface area contributed by atoms with E-state index in [0.29, 0.717) is 6.54 Å². The highest BCUT2D eigenvalue weighted by molar-refractivity contribution is 7.99. The topological polar surface area (TPSA) is 29.3 Å². The van der Waals surface area contributed by atoms with Gasteiger partial charge in [0, 0.05) is 16.3 Å². The second-order valence-electron chi connectivity index (χ2n) is 5.99. The van der Waals surface area contributed by atoms with Crippen molar-refractivity contribution in [2.45, 2.75) is 23.6 Å². The van der Waals surface area contributed by atoms with E-state index in [9.17, 15) is 0 Å². The summed E-state index contributed by atoms with van der Waals surface area (Å²) in [5, 5.41) is 0. The van der Waals surface area contributed by atoms with Crippen LogP contribution >= 0.6 is 11.8 Å². The van der Waals surface area contributed by atoms with E-state index in [4.69, 9.17) is 5.73 Å². The predicted molar refractivity (Wildman–Crippen MR) is 86.8 cm³/mol. The summed E-state index contributed by atoms with van der Waals surface area (Å²) in [5.74, 6) is 0. The fourth-order valence-corrected chi connectivity index (χ4v) is 3.54. The molecule has 0 aliphatic carbocycles. The van der Waals surface area contributed by atoms with E-state index in [1.165, 1.54) is 21.2 Å². The van der Waals surface area contributed by atoms with Gasteiger partial charge in [-0.15, -0.1) is 0 Å². The largest absolute Gasteiger partial charge is 0.339 e. The van der Waals surface area contributed by atoms with E-state index < -0.39 is 0 Å². The van der Waals surface area contributed by atoms with Crippen molar-refractivity contribution in [2.75, 3.05) is 18.0 Å². The second-order valence-corrected chi connectivity index (χ2v) is 7.08. The molecule has 0 fully saturated rings. The van der Waals surface area contributed by atoms with E-state index in [1.54, 1.807) is 0 Å². The Labute approximate surface area is 125 Å². The first kappa shape index (κ1) is 13.5. The van der Waals surface area contributed by atoms with Gasteiger partial charge in [0.15, 0.2) is 0 Å². The molecule has 0 radical (unpaired) electrons. The molecule has 0 unspecified atom stereocenters. The number of hydrogen-bond donors (Lipinski definition) is 1. The molecule has 0 saturated carbocycles. The van der Waals surface area contributed by atoms with Crippen molar-refractivity contribution in [3.05, 3.63) is 48.5 Å². The van der Waals surface area contributed by atoms with Crippen LogP contribution in [0.2, 0.25) is 0 Å². The molecule has 2 aromatic carbocycles. The molecule has 0 saturated heterocycles. The molecule has 2 aromatic rings. The first-order chi connectivity index (χ1) is 9.61. The first-order valence-electron chi connectivity index (χ1n) is 6.94. The standard InChI is InChI=1S/C17H20N2S/c1-17(2,11-18)12-19-13-7-3-5-9-15(13)20-16-10-6-4-8-14(16)19/h3-10H,11-12,18H2,1-2H3. The Balaban J connectivity index is 2.08. The number of rotatable bonds is 3. The minimum Gasteiger partial charge on any atom is -0.339 e. The van der Waals surface area contributed by atoms with E-state index in [1.807, 2.05) is 11.8 Å². The summed E-state index contributed by atoms with van der Waals surface area (Å²) >= 11 is 1.85. The van der Waals surface area contributed by atoms with Crippen LogP contribution in [0, 0.1) is 5.41 Å². The van der Waals surface area contributed by atoms with Gasteiger partial charge < -0.3 is 10.6 Å². The molecule has 0 amide bonds. The van der Waals surface area contributed by atoms with Crippen LogP contribution in [0.25, 0.3) is 0 Å². The third-order valence-electron chi connectivity index (χ3n) is 3.67. The zero-order valence-corrected chi connectivity index (χ0v) is 12.8. The number of para-hydroxylation sites is 2. The summed E-state index contributed by atoms with van der Waals surface area (Å²) in [4.78, 5) is 5.05. The number of hydrogen-bond acceptors (Lipinski definition) is 3. The van der Waals surface area contributed by atoms with Crippen molar-refractivity contribution in [2.24, 2.45) is 11.1 Å². The molecule has 0 aromatic heterocycles. The smallest absolute Gasteiger partial charge is 0.0553 e. The molecule has 0 bridgehead atoms. The molecule has 1 heterocycles. The monoisotopic (exact) mass is 284 g/mol. The van der Waals surface area contributed by atoms with Crippen molar-refractivity contribution in [1.82, 2.24) is 0 Å². The maximum Gasteiger partial charge on any atom is 0.0553 e. The summed E-state index contributed by atoms with van der Waals surface area (Å²) < 4.78 is 0. The Morgan fingerprint density at radius 3 is 1.95 bits per heavy atom. The van der Waals surface area contributed by atoms with Crippen molar-refractivity contribution >= 4 is 23.1 Å². The molecule has 104 valence electrons. The normalized spacial score (nSPS) is 13.8. The molecule has 3 rings (SSSR count). The van der Waals surface area contributed by atoms with Crippen molar-refractivity contribution in [3.8, 4) is 0 Å². The fourth-order valence-electron chi connectivity index (χ4n) is 2.44. The highest BCUT2D eigenvalue weighted by Gasteiger charge is 2.27. The molecule has 1 aliphatic rings. The number of benzene rings is 2. The number of fused-ring (bicyclic) bond motifs is 2. The van der Waals surface area contributed by atoms with Gasteiger partial charge in [-0.25, -0.2) is 0 Å². The van der Waals surface area contributed by atoms with E-state index in [0.717, 1.165) is 6.54 Å². The lowest BCUT2D eigenvalue weighted by Gasteiger charge is -2.38. The minimum absolute atomic E-state index is 0.0855. The van der Waals surface area contributed by atoms with Gasteiger partial charge in [-0.3, -0.25) is 0 Å². The minimum atomic E-state index is 0.0855. The Morgan fingerprint density at radius 2 is 1.45 bits per heavy atom. The maximum absolute atomic E-state index is 5.93. The molecular weight excluding hydrogens is 264 g/mol. The fraction of sp³-hybridized carbons (Fsp3) is 0.294. The van der Waals surface area contributed by atoms with E-state index in [-0.39, 0.29) is 5.41 Å². The summed E-state index contributed by atoms with van der Waals surface area (Å²) in [6.45, 7) is 6.05. The van der Waals surface area contributed by atoms with Gasteiger partial charge in [0.2, 0.25) is 0 Å². The summed E-state index contributed by atoms with van der Waals surface area (Å²) in [6.07, 6.45) is 0. The number of nitrogens with two attached hydrogens (primary N) is 1. The third-order valence-corrected chi connectivity index (χ3v) is 4.80. The zero-order chi connectivity index (χ0) is 14.2.